The standard InChI is InChI=1S/C32H30O8/c33-29(22-13-5-1-6-14-22)36-21-26-27(39-30(34)23-15-7-2-8-16-23)28(40-31(35)24-17-9-3-10-18-24)32(38-26)37-25-19-11-4-12-20-25/h1-11,13-18,25-28,32H,12,19-21H2/t25?,26-,27-,28-,32-/m1/s1. The van der Waals surface area contributed by atoms with Gasteiger partial charge in [-0.2, -0.15) is 0 Å². The van der Waals surface area contributed by atoms with E-state index in [0.29, 0.717) is 23.1 Å². The van der Waals surface area contributed by atoms with Gasteiger partial charge in [-0.25, -0.2) is 14.4 Å². The molecule has 40 heavy (non-hydrogen) atoms. The zero-order valence-corrected chi connectivity index (χ0v) is 21.8. The van der Waals surface area contributed by atoms with Crippen LogP contribution < -0.4 is 0 Å². The molecule has 0 N–H and O–H groups in total. The van der Waals surface area contributed by atoms with Crippen molar-refractivity contribution in [2.75, 3.05) is 6.61 Å². The molecule has 8 heteroatoms. The maximum Gasteiger partial charge on any atom is 0.338 e. The van der Waals surface area contributed by atoms with Crippen LogP contribution in [-0.2, 0) is 23.7 Å². The van der Waals surface area contributed by atoms with Crippen LogP contribution in [0.1, 0.15) is 50.3 Å². The molecule has 0 radical (unpaired) electrons. The van der Waals surface area contributed by atoms with E-state index in [1.54, 1.807) is 91.0 Å². The highest BCUT2D eigenvalue weighted by Crippen LogP contribution is 2.32. The highest BCUT2D eigenvalue weighted by molar-refractivity contribution is 5.91. The Morgan fingerprint density at radius 1 is 0.675 bits per heavy atom. The summed E-state index contributed by atoms with van der Waals surface area (Å²) in [4.78, 5) is 38.9. The molecular weight excluding hydrogens is 512 g/mol. The molecule has 1 heterocycles. The van der Waals surface area contributed by atoms with Crippen molar-refractivity contribution in [1.82, 2.24) is 0 Å². The summed E-state index contributed by atoms with van der Waals surface area (Å²) in [5, 5.41) is 0. The summed E-state index contributed by atoms with van der Waals surface area (Å²) >= 11 is 0. The normalized spacial score (nSPS) is 23.8. The monoisotopic (exact) mass is 542 g/mol. The average Bonchev–Trinajstić information content (AvgIpc) is 3.32. The minimum atomic E-state index is -1.10. The number of benzene rings is 3. The number of esters is 3. The van der Waals surface area contributed by atoms with Crippen LogP contribution in [0.4, 0.5) is 0 Å². The molecule has 8 nitrogen and oxygen atoms in total. The van der Waals surface area contributed by atoms with Gasteiger partial charge in [-0.15, -0.1) is 0 Å². The molecule has 1 saturated heterocycles. The molecule has 1 unspecified atom stereocenters. The molecule has 206 valence electrons. The van der Waals surface area contributed by atoms with E-state index in [9.17, 15) is 14.4 Å². The number of hydrogen-bond donors (Lipinski definition) is 0. The summed E-state index contributed by atoms with van der Waals surface area (Å²) in [5.74, 6) is -1.80. The summed E-state index contributed by atoms with van der Waals surface area (Å²) in [6.07, 6.45) is 2.01. The summed E-state index contributed by atoms with van der Waals surface area (Å²) in [5.41, 5.74) is 1.01. The van der Waals surface area contributed by atoms with Gasteiger partial charge in [0, 0.05) is 0 Å². The van der Waals surface area contributed by atoms with Gasteiger partial charge >= 0.3 is 17.9 Å². The number of rotatable bonds is 9. The molecule has 1 fully saturated rings. The van der Waals surface area contributed by atoms with Gasteiger partial charge in [0.2, 0.25) is 0 Å². The van der Waals surface area contributed by atoms with Crippen molar-refractivity contribution in [1.29, 1.82) is 0 Å². The first-order valence-electron chi connectivity index (χ1n) is 13.3. The number of allylic oxidation sites excluding steroid dienone is 1. The Morgan fingerprint density at radius 3 is 1.73 bits per heavy atom. The summed E-state index contributed by atoms with van der Waals surface area (Å²) in [6.45, 7) is -0.246. The van der Waals surface area contributed by atoms with Crippen molar-refractivity contribution in [2.45, 2.75) is 50.0 Å². The van der Waals surface area contributed by atoms with Crippen LogP contribution in [0.15, 0.2) is 103 Å². The first-order valence-corrected chi connectivity index (χ1v) is 13.3. The van der Waals surface area contributed by atoms with E-state index in [2.05, 4.69) is 6.08 Å². The van der Waals surface area contributed by atoms with Crippen LogP contribution in [0, 0.1) is 0 Å². The molecule has 2 aliphatic rings. The van der Waals surface area contributed by atoms with Crippen LogP contribution in [0.3, 0.4) is 0 Å². The third-order valence-electron chi connectivity index (χ3n) is 6.71. The first kappa shape index (κ1) is 27.3. The Kier molecular flexibility index (Phi) is 9.00. The smallest absolute Gasteiger partial charge is 0.338 e. The van der Waals surface area contributed by atoms with Gasteiger partial charge in [-0.1, -0.05) is 66.7 Å². The Hall–Kier alpha value is -4.27. The van der Waals surface area contributed by atoms with E-state index < -0.39 is 42.5 Å². The predicted molar refractivity (Wildman–Crippen MR) is 145 cm³/mol. The highest BCUT2D eigenvalue weighted by atomic mass is 16.7. The van der Waals surface area contributed by atoms with Crippen molar-refractivity contribution >= 4 is 17.9 Å². The lowest BCUT2D eigenvalue weighted by molar-refractivity contribution is -0.195. The van der Waals surface area contributed by atoms with E-state index in [1.807, 2.05) is 6.08 Å². The SMILES string of the molecule is O=C(OC[C@H]1O[C@@H](OC2CC=CCC2)[C@H](OC(=O)c2ccccc2)[C@@H]1OC(=O)c1ccccc1)c1ccccc1. The number of hydrogen-bond acceptors (Lipinski definition) is 8. The number of carbonyl (C=O) groups excluding carboxylic acids is 3. The molecule has 0 spiro atoms. The lowest BCUT2D eigenvalue weighted by Gasteiger charge is -2.27. The maximum atomic E-state index is 13.1. The highest BCUT2D eigenvalue weighted by Gasteiger charge is 2.51. The molecule has 0 amide bonds. The molecule has 0 bridgehead atoms. The van der Waals surface area contributed by atoms with Crippen molar-refractivity contribution in [2.24, 2.45) is 0 Å². The maximum absolute atomic E-state index is 13.1. The van der Waals surface area contributed by atoms with Gasteiger partial charge in [-0.05, 0) is 55.7 Å². The second-order valence-electron chi connectivity index (χ2n) is 9.52. The fraction of sp³-hybridized carbons (Fsp3) is 0.281. The van der Waals surface area contributed by atoms with Crippen LogP contribution >= 0.6 is 0 Å². The van der Waals surface area contributed by atoms with E-state index in [1.165, 1.54) is 0 Å². The molecule has 0 aromatic heterocycles. The molecule has 1 aliphatic carbocycles. The van der Waals surface area contributed by atoms with E-state index in [0.717, 1.165) is 12.8 Å². The van der Waals surface area contributed by atoms with Crippen LogP contribution in [0.2, 0.25) is 0 Å². The third kappa shape index (κ3) is 6.83. The predicted octanol–water partition coefficient (Wildman–Crippen LogP) is 5.14. The lowest BCUT2D eigenvalue weighted by Crippen LogP contribution is -2.43. The summed E-state index contributed by atoms with van der Waals surface area (Å²) in [6, 6.07) is 25.5. The van der Waals surface area contributed by atoms with E-state index >= 15 is 0 Å². The van der Waals surface area contributed by atoms with Gasteiger partial charge in [0.1, 0.15) is 12.7 Å². The number of carbonyl (C=O) groups is 3. The van der Waals surface area contributed by atoms with Crippen LogP contribution in [0.5, 0.6) is 0 Å². The zero-order chi connectivity index (χ0) is 27.7. The van der Waals surface area contributed by atoms with E-state index in [4.69, 9.17) is 23.7 Å². The Balaban J connectivity index is 1.40. The summed E-state index contributed by atoms with van der Waals surface area (Å²) < 4.78 is 29.8. The van der Waals surface area contributed by atoms with Crippen LogP contribution in [-0.4, -0.2) is 55.2 Å². The minimum Gasteiger partial charge on any atom is -0.459 e. The fourth-order valence-electron chi connectivity index (χ4n) is 4.63. The molecule has 1 aliphatic heterocycles. The minimum absolute atomic E-state index is 0.177. The largest absolute Gasteiger partial charge is 0.459 e. The quantitative estimate of drug-likeness (QED) is 0.208. The number of ether oxygens (including phenoxy) is 5. The molecule has 5 atom stereocenters. The first-order chi connectivity index (χ1) is 19.6. The van der Waals surface area contributed by atoms with Crippen LogP contribution in [0.25, 0.3) is 0 Å². The molecular formula is C32H30O8. The molecule has 3 aromatic carbocycles. The third-order valence-corrected chi connectivity index (χ3v) is 6.71. The second kappa shape index (κ2) is 13.2. The Bertz CT molecular complexity index is 1310. The topological polar surface area (TPSA) is 97.4 Å². The van der Waals surface area contributed by atoms with Crippen molar-refractivity contribution in [3.05, 3.63) is 120 Å². The molecule has 3 aromatic rings. The van der Waals surface area contributed by atoms with Gasteiger partial charge in [-0.3, -0.25) is 0 Å². The van der Waals surface area contributed by atoms with Crippen molar-refractivity contribution in [3.63, 3.8) is 0 Å². The average molecular weight is 543 g/mol. The van der Waals surface area contributed by atoms with Gasteiger partial charge in [0.25, 0.3) is 0 Å². The van der Waals surface area contributed by atoms with Crippen molar-refractivity contribution in [3.8, 4) is 0 Å². The lowest BCUT2D eigenvalue weighted by atomic mass is 10.0. The summed E-state index contributed by atoms with van der Waals surface area (Å²) in [7, 11) is 0. The van der Waals surface area contributed by atoms with Gasteiger partial charge < -0.3 is 23.7 Å². The van der Waals surface area contributed by atoms with Crippen molar-refractivity contribution < 1.29 is 38.1 Å². The zero-order valence-electron chi connectivity index (χ0n) is 21.8. The Morgan fingerprint density at radius 2 is 1.20 bits per heavy atom. The van der Waals surface area contributed by atoms with Gasteiger partial charge in [0.05, 0.1) is 22.8 Å². The Labute approximate surface area is 232 Å². The van der Waals surface area contributed by atoms with E-state index in [-0.39, 0.29) is 12.7 Å². The molecule has 5 rings (SSSR count). The second-order valence-corrected chi connectivity index (χ2v) is 9.52. The van der Waals surface area contributed by atoms with Gasteiger partial charge in [0.15, 0.2) is 18.5 Å². The molecule has 0 saturated carbocycles. The fourth-order valence-corrected chi connectivity index (χ4v) is 4.63.